The van der Waals surface area contributed by atoms with Gasteiger partial charge in [0, 0.05) is 57.7 Å². The summed E-state index contributed by atoms with van der Waals surface area (Å²) in [5.41, 5.74) is 2.58. The third kappa shape index (κ3) is 4.51. The molecule has 168 valence electrons. The molecule has 1 N–H and O–H groups in total. The van der Waals surface area contributed by atoms with Crippen molar-refractivity contribution < 1.29 is 19.0 Å². The Morgan fingerprint density at radius 2 is 1.88 bits per heavy atom. The van der Waals surface area contributed by atoms with E-state index in [1.54, 1.807) is 48.3 Å². The van der Waals surface area contributed by atoms with Gasteiger partial charge < -0.3 is 19.3 Å². The third-order valence-corrected chi connectivity index (χ3v) is 5.89. The first-order valence-corrected chi connectivity index (χ1v) is 10.6. The number of hydrogen-bond donors (Lipinski definition) is 1. The van der Waals surface area contributed by atoms with Crippen LogP contribution < -0.4 is 4.90 Å². The molecule has 0 aliphatic carbocycles. The number of aryl methyl sites for hydroxylation is 1. The molecule has 8 heteroatoms. The van der Waals surface area contributed by atoms with Crippen LogP contribution in [0.5, 0.6) is 0 Å². The highest BCUT2D eigenvalue weighted by Gasteiger charge is 2.26. The van der Waals surface area contributed by atoms with Gasteiger partial charge >= 0.3 is 5.97 Å². The topological polar surface area (TPSA) is 70.8 Å². The van der Waals surface area contributed by atoms with Crippen molar-refractivity contribution in [2.45, 2.75) is 12.6 Å². The predicted molar refractivity (Wildman–Crippen MR) is 119 cm³/mol. The van der Waals surface area contributed by atoms with E-state index in [2.05, 4.69) is 9.88 Å². The second kappa shape index (κ2) is 9.50. The number of aliphatic hydroxyl groups excluding tert-OH is 1. The summed E-state index contributed by atoms with van der Waals surface area (Å²) in [6.07, 6.45) is 2.37. The maximum atomic E-state index is 14.9. The molecular formula is C24H27FN4O3. The van der Waals surface area contributed by atoms with Gasteiger partial charge in [-0.3, -0.25) is 4.90 Å². The zero-order valence-electron chi connectivity index (χ0n) is 18.2. The fourth-order valence-electron chi connectivity index (χ4n) is 4.12. The van der Waals surface area contributed by atoms with Gasteiger partial charge in [0.15, 0.2) is 0 Å². The fraction of sp³-hybridized carbons (Fsp3) is 0.333. The molecule has 1 saturated heterocycles. The molecule has 1 atom stereocenters. The summed E-state index contributed by atoms with van der Waals surface area (Å²) in [5, 5.41) is 10.9. The minimum atomic E-state index is -1.01. The molecule has 32 heavy (non-hydrogen) atoms. The molecule has 0 amide bonds. The summed E-state index contributed by atoms with van der Waals surface area (Å²) in [6, 6.07) is 12.2. The molecular weight excluding hydrogens is 411 g/mol. The van der Waals surface area contributed by atoms with Gasteiger partial charge in [0.2, 0.25) is 0 Å². The normalized spacial score (nSPS) is 15.6. The maximum Gasteiger partial charge on any atom is 0.337 e. The zero-order chi connectivity index (χ0) is 22.7. The molecule has 2 heterocycles. The lowest BCUT2D eigenvalue weighted by molar-refractivity contribution is 0.0600. The maximum absolute atomic E-state index is 14.9. The summed E-state index contributed by atoms with van der Waals surface area (Å²) < 4.78 is 21.4. The number of benzene rings is 2. The molecule has 0 bridgehead atoms. The number of imidazole rings is 1. The molecule has 1 aliphatic heterocycles. The lowest BCUT2D eigenvalue weighted by Crippen LogP contribution is -2.46. The van der Waals surface area contributed by atoms with Crippen LogP contribution in [-0.4, -0.2) is 58.8 Å². The molecule has 1 unspecified atom stereocenters. The van der Waals surface area contributed by atoms with Crippen LogP contribution in [0.4, 0.5) is 10.1 Å². The van der Waals surface area contributed by atoms with Crippen molar-refractivity contribution in [3.05, 3.63) is 83.2 Å². The van der Waals surface area contributed by atoms with Crippen LogP contribution in [0.15, 0.2) is 54.9 Å². The monoisotopic (exact) mass is 438 g/mol. The van der Waals surface area contributed by atoms with Crippen molar-refractivity contribution in [3.8, 4) is 0 Å². The van der Waals surface area contributed by atoms with E-state index < -0.39 is 6.10 Å². The number of para-hydroxylation sites is 1. The molecule has 3 aromatic rings. The van der Waals surface area contributed by atoms with E-state index >= 15 is 0 Å². The lowest BCUT2D eigenvalue weighted by Gasteiger charge is -2.37. The number of aliphatic hydroxyl groups is 1. The molecule has 1 fully saturated rings. The van der Waals surface area contributed by atoms with Gasteiger partial charge in [-0.05, 0) is 23.8 Å². The first-order valence-electron chi connectivity index (χ1n) is 10.6. The molecule has 0 spiro atoms. The van der Waals surface area contributed by atoms with Crippen LogP contribution in [0.3, 0.4) is 0 Å². The number of ether oxygens (including phenoxy) is 1. The Balaban J connectivity index is 1.44. The van der Waals surface area contributed by atoms with Crippen molar-refractivity contribution in [1.29, 1.82) is 0 Å². The largest absolute Gasteiger partial charge is 0.465 e. The zero-order valence-corrected chi connectivity index (χ0v) is 18.2. The number of rotatable bonds is 6. The SMILES string of the molecule is COC(=O)c1ccc(CN2CCN(c3c(F)cccc3C(O)c3nccn3C)CC2)cc1. The van der Waals surface area contributed by atoms with E-state index in [0.717, 1.165) is 25.2 Å². The molecule has 0 saturated carbocycles. The molecule has 2 aromatic carbocycles. The molecule has 1 aliphatic rings. The van der Waals surface area contributed by atoms with Gasteiger partial charge in [-0.2, -0.15) is 0 Å². The number of nitrogens with zero attached hydrogens (tertiary/aromatic N) is 4. The Hall–Kier alpha value is -3.23. The minimum absolute atomic E-state index is 0.345. The molecule has 0 radical (unpaired) electrons. The standard InChI is InChI=1S/C24H27FN4O3/c1-27-11-10-26-23(27)22(30)19-4-3-5-20(25)21(19)29-14-12-28(13-15-29)16-17-6-8-18(9-7-17)24(31)32-2/h3-11,22,30H,12-16H2,1-2H3. The third-order valence-electron chi connectivity index (χ3n) is 5.89. The Labute approximate surface area is 186 Å². The summed E-state index contributed by atoms with van der Waals surface area (Å²) in [4.78, 5) is 20.1. The minimum Gasteiger partial charge on any atom is -0.465 e. The van der Waals surface area contributed by atoms with Crippen LogP contribution in [0.2, 0.25) is 0 Å². The number of methoxy groups -OCH3 is 1. The van der Waals surface area contributed by atoms with E-state index in [1.165, 1.54) is 13.2 Å². The van der Waals surface area contributed by atoms with Gasteiger partial charge in [0.25, 0.3) is 0 Å². The van der Waals surface area contributed by atoms with Crippen LogP contribution >= 0.6 is 0 Å². The number of esters is 1. The molecule has 4 rings (SSSR count). The number of piperazine rings is 1. The Morgan fingerprint density at radius 1 is 1.16 bits per heavy atom. The van der Waals surface area contributed by atoms with E-state index in [0.29, 0.717) is 35.7 Å². The van der Waals surface area contributed by atoms with E-state index in [4.69, 9.17) is 4.74 Å². The number of anilines is 1. The first kappa shape index (κ1) is 22.0. The quantitative estimate of drug-likeness (QED) is 0.597. The Bertz CT molecular complexity index is 1080. The molecule has 1 aromatic heterocycles. The summed E-state index contributed by atoms with van der Waals surface area (Å²) >= 11 is 0. The van der Waals surface area contributed by atoms with E-state index in [1.807, 2.05) is 17.0 Å². The summed E-state index contributed by atoms with van der Waals surface area (Å²) in [5.74, 6) is -0.216. The molecule has 7 nitrogen and oxygen atoms in total. The summed E-state index contributed by atoms with van der Waals surface area (Å²) in [7, 11) is 3.17. The van der Waals surface area contributed by atoms with Gasteiger partial charge in [-0.1, -0.05) is 24.3 Å². The van der Waals surface area contributed by atoms with E-state index in [-0.39, 0.29) is 11.8 Å². The number of aromatic nitrogens is 2. The van der Waals surface area contributed by atoms with Gasteiger partial charge in [0.1, 0.15) is 17.7 Å². The Morgan fingerprint density at radius 3 is 2.50 bits per heavy atom. The number of carbonyl (C=O) groups excluding carboxylic acids is 1. The smallest absolute Gasteiger partial charge is 0.337 e. The highest BCUT2D eigenvalue weighted by molar-refractivity contribution is 5.89. The van der Waals surface area contributed by atoms with Crippen molar-refractivity contribution >= 4 is 11.7 Å². The average molecular weight is 439 g/mol. The first-order chi connectivity index (χ1) is 15.5. The van der Waals surface area contributed by atoms with Crippen molar-refractivity contribution in [2.24, 2.45) is 7.05 Å². The van der Waals surface area contributed by atoms with Crippen LogP contribution in [-0.2, 0) is 18.3 Å². The van der Waals surface area contributed by atoms with Crippen molar-refractivity contribution in [3.63, 3.8) is 0 Å². The lowest BCUT2D eigenvalue weighted by atomic mass is 10.0. The van der Waals surface area contributed by atoms with Crippen molar-refractivity contribution in [1.82, 2.24) is 14.5 Å². The summed E-state index contributed by atoms with van der Waals surface area (Å²) in [6.45, 7) is 3.54. The highest BCUT2D eigenvalue weighted by atomic mass is 19.1. The van der Waals surface area contributed by atoms with Crippen LogP contribution in [0.25, 0.3) is 0 Å². The second-order valence-electron chi connectivity index (χ2n) is 7.93. The Kier molecular flexibility index (Phi) is 6.53. The van der Waals surface area contributed by atoms with Crippen LogP contribution in [0, 0.1) is 5.82 Å². The number of hydrogen-bond acceptors (Lipinski definition) is 6. The van der Waals surface area contributed by atoms with Gasteiger partial charge in [-0.15, -0.1) is 0 Å². The second-order valence-corrected chi connectivity index (χ2v) is 7.93. The van der Waals surface area contributed by atoms with Crippen LogP contribution in [0.1, 0.15) is 33.4 Å². The number of carbonyl (C=O) groups is 1. The highest BCUT2D eigenvalue weighted by Crippen LogP contribution is 2.33. The van der Waals surface area contributed by atoms with Crippen molar-refractivity contribution in [2.75, 3.05) is 38.2 Å². The number of halogens is 1. The average Bonchev–Trinajstić information content (AvgIpc) is 3.25. The predicted octanol–water partition coefficient (Wildman–Crippen LogP) is 2.75. The van der Waals surface area contributed by atoms with Gasteiger partial charge in [0.05, 0.1) is 18.4 Å². The van der Waals surface area contributed by atoms with Gasteiger partial charge in [-0.25, -0.2) is 14.2 Å². The van der Waals surface area contributed by atoms with E-state index in [9.17, 15) is 14.3 Å². The fourth-order valence-corrected chi connectivity index (χ4v) is 4.12.